The lowest BCUT2D eigenvalue weighted by Crippen LogP contribution is -2.02. The van der Waals surface area contributed by atoms with Crippen molar-refractivity contribution in [1.29, 1.82) is 0 Å². The van der Waals surface area contributed by atoms with Crippen LogP contribution in [0, 0.1) is 6.92 Å². The first-order chi connectivity index (χ1) is 10.1. The van der Waals surface area contributed by atoms with Crippen LogP contribution in [0.2, 0.25) is 0 Å². The number of aromatic nitrogens is 1. The molecule has 1 aromatic carbocycles. The number of carboxylic acids is 1. The molecule has 0 aliphatic heterocycles. The minimum absolute atomic E-state index is 0.192. The molecular formula is C17H19NO3. The van der Waals surface area contributed by atoms with Crippen LogP contribution in [-0.4, -0.2) is 16.1 Å². The summed E-state index contributed by atoms with van der Waals surface area (Å²) in [7, 11) is 0. The van der Waals surface area contributed by atoms with Gasteiger partial charge in [0.05, 0.1) is 11.3 Å². The Morgan fingerprint density at radius 2 is 1.90 bits per heavy atom. The molecule has 4 heteroatoms. The van der Waals surface area contributed by atoms with E-state index in [1.807, 2.05) is 24.3 Å². The minimum Gasteiger partial charge on any atom is -0.478 e. The standard InChI is InChI=1S/C17H19NO3/c1-3-4-5-13-6-8-14(9-7-13)21-16-11-10-15(17(19)20)12(2)18-16/h6-11H,3-5H2,1-2H3,(H,19,20). The number of carboxylic acid groups (broad SMARTS) is 1. The van der Waals surface area contributed by atoms with Crippen molar-refractivity contribution in [2.45, 2.75) is 33.1 Å². The quantitative estimate of drug-likeness (QED) is 0.863. The van der Waals surface area contributed by atoms with Crippen molar-refractivity contribution in [3.05, 3.63) is 53.2 Å². The number of rotatable bonds is 6. The van der Waals surface area contributed by atoms with Crippen molar-refractivity contribution < 1.29 is 14.6 Å². The second-order valence-corrected chi connectivity index (χ2v) is 4.94. The highest BCUT2D eigenvalue weighted by Gasteiger charge is 2.09. The van der Waals surface area contributed by atoms with Gasteiger partial charge in [0.1, 0.15) is 5.75 Å². The van der Waals surface area contributed by atoms with Crippen molar-refractivity contribution in [3.8, 4) is 11.6 Å². The molecule has 4 nitrogen and oxygen atoms in total. The average Bonchev–Trinajstić information content (AvgIpc) is 2.46. The average molecular weight is 285 g/mol. The van der Waals surface area contributed by atoms with Crippen molar-refractivity contribution in [2.24, 2.45) is 0 Å². The van der Waals surface area contributed by atoms with Crippen LogP contribution in [0.1, 0.15) is 41.4 Å². The molecule has 0 aliphatic rings. The van der Waals surface area contributed by atoms with E-state index in [0.717, 1.165) is 6.42 Å². The lowest BCUT2D eigenvalue weighted by Gasteiger charge is -2.07. The smallest absolute Gasteiger partial charge is 0.337 e. The van der Waals surface area contributed by atoms with E-state index in [1.54, 1.807) is 13.0 Å². The topological polar surface area (TPSA) is 59.4 Å². The van der Waals surface area contributed by atoms with Gasteiger partial charge in [-0.15, -0.1) is 0 Å². The number of hydrogen-bond acceptors (Lipinski definition) is 3. The summed E-state index contributed by atoms with van der Waals surface area (Å²) >= 11 is 0. The van der Waals surface area contributed by atoms with Crippen molar-refractivity contribution >= 4 is 5.97 Å². The summed E-state index contributed by atoms with van der Waals surface area (Å²) in [6.45, 7) is 3.83. The predicted molar refractivity (Wildman–Crippen MR) is 81.1 cm³/mol. The van der Waals surface area contributed by atoms with Gasteiger partial charge in [-0.3, -0.25) is 0 Å². The molecule has 0 fully saturated rings. The van der Waals surface area contributed by atoms with E-state index in [9.17, 15) is 4.79 Å². The molecule has 0 atom stereocenters. The monoisotopic (exact) mass is 285 g/mol. The Bertz CT molecular complexity index is 620. The third-order valence-electron chi connectivity index (χ3n) is 3.26. The van der Waals surface area contributed by atoms with Gasteiger partial charge in [-0.25, -0.2) is 9.78 Å². The molecule has 0 saturated heterocycles. The van der Waals surface area contributed by atoms with Crippen LogP contribution in [0.4, 0.5) is 0 Å². The van der Waals surface area contributed by atoms with Crippen molar-refractivity contribution in [2.75, 3.05) is 0 Å². The van der Waals surface area contributed by atoms with Crippen LogP contribution < -0.4 is 4.74 Å². The van der Waals surface area contributed by atoms with Crippen LogP contribution in [0.25, 0.3) is 0 Å². The molecule has 0 amide bonds. The van der Waals surface area contributed by atoms with E-state index < -0.39 is 5.97 Å². The number of nitrogens with zero attached hydrogens (tertiary/aromatic N) is 1. The molecule has 2 rings (SSSR count). The van der Waals surface area contributed by atoms with Gasteiger partial charge in [-0.1, -0.05) is 25.5 Å². The molecule has 2 aromatic rings. The fraction of sp³-hybridized carbons (Fsp3) is 0.294. The van der Waals surface area contributed by atoms with E-state index in [2.05, 4.69) is 11.9 Å². The van der Waals surface area contributed by atoms with Crippen LogP contribution in [0.15, 0.2) is 36.4 Å². The van der Waals surface area contributed by atoms with Crippen LogP contribution in [0.5, 0.6) is 11.6 Å². The fourth-order valence-electron chi connectivity index (χ4n) is 2.05. The molecule has 21 heavy (non-hydrogen) atoms. The molecular weight excluding hydrogens is 266 g/mol. The minimum atomic E-state index is -0.980. The number of aromatic carboxylic acids is 1. The van der Waals surface area contributed by atoms with Gasteiger partial charge < -0.3 is 9.84 Å². The van der Waals surface area contributed by atoms with E-state index in [-0.39, 0.29) is 5.56 Å². The molecule has 0 radical (unpaired) electrons. The van der Waals surface area contributed by atoms with Crippen molar-refractivity contribution in [3.63, 3.8) is 0 Å². The predicted octanol–water partition coefficient (Wildman–Crippen LogP) is 4.22. The van der Waals surface area contributed by atoms with Gasteiger partial charge in [0.2, 0.25) is 5.88 Å². The lowest BCUT2D eigenvalue weighted by molar-refractivity contribution is 0.0695. The molecule has 110 valence electrons. The number of carbonyl (C=O) groups is 1. The Kier molecular flexibility index (Phi) is 4.93. The zero-order chi connectivity index (χ0) is 15.2. The van der Waals surface area contributed by atoms with Gasteiger partial charge in [0.25, 0.3) is 0 Å². The molecule has 1 aromatic heterocycles. The molecule has 0 saturated carbocycles. The summed E-state index contributed by atoms with van der Waals surface area (Å²) in [6.07, 6.45) is 3.43. The van der Waals surface area contributed by atoms with Crippen LogP contribution in [-0.2, 0) is 6.42 Å². The summed E-state index contributed by atoms with van der Waals surface area (Å²) in [5.41, 5.74) is 1.92. The molecule has 0 aliphatic carbocycles. The van der Waals surface area contributed by atoms with E-state index in [1.165, 1.54) is 24.5 Å². The van der Waals surface area contributed by atoms with Crippen LogP contribution in [0.3, 0.4) is 0 Å². The van der Waals surface area contributed by atoms with E-state index >= 15 is 0 Å². The molecule has 1 heterocycles. The normalized spacial score (nSPS) is 10.4. The third-order valence-corrected chi connectivity index (χ3v) is 3.26. The first-order valence-electron chi connectivity index (χ1n) is 7.08. The largest absolute Gasteiger partial charge is 0.478 e. The summed E-state index contributed by atoms with van der Waals surface area (Å²) in [6, 6.07) is 11.0. The Labute approximate surface area is 124 Å². The first kappa shape index (κ1) is 15.0. The Hall–Kier alpha value is -2.36. The zero-order valence-electron chi connectivity index (χ0n) is 12.3. The summed E-state index contributed by atoms with van der Waals surface area (Å²) < 4.78 is 5.65. The lowest BCUT2D eigenvalue weighted by atomic mass is 10.1. The van der Waals surface area contributed by atoms with Gasteiger partial charge in [0, 0.05) is 6.07 Å². The second kappa shape index (κ2) is 6.88. The maximum atomic E-state index is 10.9. The number of unbranched alkanes of at least 4 members (excludes halogenated alkanes) is 1. The van der Waals surface area contributed by atoms with E-state index in [0.29, 0.717) is 17.3 Å². The zero-order valence-corrected chi connectivity index (χ0v) is 12.3. The number of pyridine rings is 1. The number of hydrogen-bond donors (Lipinski definition) is 1. The molecule has 0 unspecified atom stereocenters. The second-order valence-electron chi connectivity index (χ2n) is 4.94. The summed E-state index contributed by atoms with van der Waals surface area (Å²) in [5.74, 6) is 0.121. The maximum absolute atomic E-state index is 10.9. The summed E-state index contributed by atoms with van der Waals surface area (Å²) in [4.78, 5) is 15.1. The maximum Gasteiger partial charge on any atom is 0.337 e. The highest BCUT2D eigenvalue weighted by atomic mass is 16.5. The SMILES string of the molecule is CCCCc1ccc(Oc2ccc(C(=O)O)c(C)n2)cc1. The Morgan fingerprint density at radius 1 is 1.19 bits per heavy atom. The van der Waals surface area contributed by atoms with Gasteiger partial charge in [0.15, 0.2) is 0 Å². The Balaban J connectivity index is 2.07. The van der Waals surface area contributed by atoms with E-state index in [4.69, 9.17) is 9.84 Å². The third kappa shape index (κ3) is 4.05. The Morgan fingerprint density at radius 3 is 2.48 bits per heavy atom. The number of benzene rings is 1. The highest BCUT2D eigenvalue weighted by Crippen LogP contribution is 2.21. The van der Waals surface area contributed by atoms with Gasteiger partial charge in [-0.2, -0.15) is 0 Å². The molecule has 0 bridgehead atoms. The van der Waals surface area contributed by atoms with Crippen LogP contribution >= 0.6 is 0 Å². The summed E-state index contributed by atoms with van der Waals surface area (Å²) in [5, 5.41) is 8.97. The number of ether oxygens (including phenoxy) is 1. The first-order valence-corrected chi connectivity index (χ1v) is 7.08. The molecule has 1 N–H and O–H groups in total. The van der Waals surface area contributed by atoms with Crippen molar-refractivity contribution in [1.82, 2.24) is 4.98 Å². The molecule has 0 spiro atoms. The highest BCUT2D eigenvalue weighted by molar-refractivity contribution is 5.88. The van der Waals surface area contributed by atoms with Gasteiger partial charge in [-0.05, 0) is 43.5 Å². The number of aryl methyl sites for hydroxylation is 2. The van der Waals surface area contributed by atoms with Gasteiger partial charge >= 0.3 is 5.97 Å². The fourth-order valence-corrected chi connectivity index (χ4v) is 2.05.